The van der Waals surface area contributed by atoms with Crippen molar-refractivity contribution in [1.29, 1.82) is 0 Å². The van der Waals surface area contributed by atoms with Gasteiger partial charge in [-0.15, -0.1) is 5.10 Å². The molecule has 1 aromatic carbocycles. The molecule has 0 aliphatic carbocycles. The minimum absolute atomic E-state index is 0.711. The number of hydrogen-bond donors (Lipinski definition) is 0. The fourth-order valence-corrected chi connectivity index (χ4v) is 3.32. The molecule has 138 valence electrons. The van der Waals surface area contributed by atoms with E-state index in [-0.39, 0.29) is 0 Å². The van der Waals surface area contributed by atoms with Crippen LogP contribution in [-0.2, 0) is 4.74 Å². The number of piperazine rings is 1. The number of rotatable bonds is 4. The van der Waals surface area contributed by atoms with Gasteiger partial charge in [0.15, 0.2) is 5.82 Å². The zero-order valence-corrected chi connectivity index (χ0v) is 15.0. The Labute approximate surface area is 153 Å². The predicted molar refractivity (Wildman–Crippen MR) is 100 cm³/mol. The number of aromatic nitrogens is 3. The van der Waals surface area contributed by atoms with Gasteiger partial charge in [-0.2, -0.15) is 10.1 Å². The number of nitrogens with zero attached hydrogens (tertiary/aromatic N) is 6. The van der Waals surface area contributed by atoms with E-state index in [1.807, 2.05) is 12.1 Å². The normalized spacial score (nSPS) is 18.1. The number of benzene rings is 1. The third-order valence-corrected chi connectivity index (χ3v) is 4.87. The van der Waals surface area contributed by atoms with E-state index in [1.165, 1.54) is 5.69 Å². The molecule has 3 heterocycles. The van der Waals surface area contributed by atoms with E-state index in [2.05, 4.69) is 37.0 Å². The molecule has 0 spiro atoms. The third kappa shape index (κ3) is 3.65. The Morgan fingerprint density at radius 3 is 2.27 bits per heavy atom. The van der Waals surface area contributed by atoms with Crippen molar-refractivity contribution in [3.8, 4) is 5.75 Å². The number of morpholine rings is 1. The smallest absolute Gasteiger partial charge is 0.247 e. The molecule has 4 rings (SSSR count). The van der Waals surface area contributed by atoms with E-state index in [4.69, 9.17) is 14.5 Å². The molecule has 2 aliphatic rings. The number of methoxy groups -OCH3 is 1. The van der Waals surface area contributed by atoms with Gasteiger partial charge in [-0.05, 0) is 24.3 Å². The zero-order chi connectivity index (χ0) is 17.8. The van der Waals surface area contributed by atoms with Crippen molar-refractivity contribution in [1.82, 2.24) is 15.2 Å². The van der Waals surface area contributed by atoms with Crippen molar-refractivity contribution >= 4 is 17.5 Å². The van der Waals surface area contributed by atoms with Crippen LogP contribution in [0.3, 0.4) is 0 Å². The molecule has 0 saturated carbocycles. The van der Waals surface area contributed by atoms with Crippen LogP contribution in [0.5, 0.6) is 5.75 Å². The summed E-state index contributed by atoms with van der Waals surface area (Å²) < 4.78 is 10.6. The number of anilines is 3. The summed E-state index contributed by atoms with van der Waals surface area (Å²) in [6.07, 6.45) is 1.74. The van der Waals surface area contributed by atoms with Crippen molar-refractivity contribution in [3.05, 3.63) is 30.5 Å². The summed E-state index contributed by atoms with van der Waals surface area (Å²) in [4.78, 5) is 11.5. The second kappa shape index (κ2) is 7.74. The highest BCUT2D eigenvalue weighted by Crippen LogP contribution is 2.22. The molecule has 2 saturated heterocycles. The van der Waals surface area contributed by atoms with Gasteiger partial charge in [0.25, 0.3) is 0 Å². The highest BCUT2D eigenvalue weighted by atomic mass is 16.5. The molecular formula is C18H24N6O2. The molecule has 26 heavy (non-hydrogen) atoms. The maximum Gasteiger partial charge on any atom is 0.247 e. The summed E-state index contributed by atoms with van der Waals surface area (Å²) >= 11 is 0. The molecule has 0 bridgehead atoms. The minimum Gasteiger partial charge on any atom is -0.497 e. The molecular weight excluding hydrogens is 332 g/mol. The van der Waals surface area contributed by atoms with Gasteiger partial charge in [0.1, 0.15) is 5.75 Å². The summed E-state index contributed by atoms with van der Waals surface area (Å²) in [6, 6.07) is 8.21. The Balaban J connectivity index is 1.39. The lowest BCUT2D eigenvalue weighted by atomic mass is 10.2. The van der Waals surface area contributed by atoms with Crippen LogP contribution in [0.4, 0.5) is 17.5 Å². The number of ether oxygens (including phenoxy) is 2. The second-order valence-electron chi connectivity index (χ2n) is 6.39. The summed E-state index contributed by atoms with van der Waals surface area (Å²) in [7, 11) is 1.69. The highest BCUT2D eigenvalue weighted by molar-refractivity contribution is 5.51. The lowest BCUT2D eigenvalue weighted by molar-refractivity contribution is 0.122. The second-order valence-corrected chi connectivity index (χ2v) is 6.39. The summed E-state index contributed by atoms with van der Waals surface area (Å²) in [5.41, 5.74) is 1.21. The molecule has 0 atom stereocenters. The van der Waals surface area contributed by atoms with Gasteiger partial charge in [-0.1, -0.05) is 0 Å². The minimum atomic E-state index is 0.711. The molecule has 0 radical (unpaired) electrons. The average molecular weight is 356 g/mol. The molecule has 8 nitrogen and oxygen atoms in total. The zero-order valence-electron chi connectivity index (χ0n) is 15.0. The highest BCUT2D eigenvalue weighted by Gasteiger charge is 2.21. The van der Waals surface area contributed by atoms with Crippen molar-refractivity contribution < 1.29 is 9.47 Å². The van der Waals surface area contributed by atoms with Gasteiger partial charge < -0.3 is 24.2 Å². The Kier molecular flexibility index (Phi) is 5.01. The summed E-state index contributed by atoms with van der Waals surface area (Å²) in [6.45, 7) is 6.78. The molecule has 8 heteroatoms. The largest absolute Gasteiger partial charge is 0.497 e. The van der Waals surface area contributed by atoms with E-state index in [1.54, 1.807) is 13.3 Å². The summed E-state index contributed by atoms with van der Waals surface area (Å²) in [5, 5.41) is 8.42. The first kappa shape index (κ1) is 16.8. The van der Waals surface area contributed by atoms with Crippen LogP contribution in [0.25, 0.3) is 0 Å². The van der Waals surface area contributed by atoms with Crippen LogP contribution in [0.1, 0.15) is 0 Å². The maximum atomic E-state index is 5.41. The first-order chi connectivity index (χ1) is 12.8. The van der Waals surface area contributed by atoms with Crippen molar-refractivity contribution in [3.63, 3.8) is 0 Å². The van der Waals surface area contributed by atoms with Crippen LogP contribution in [0, 0.1) is 0 Å². The van der Waals surface area contributed by atoms with E-state index >= 15 is 0 Å². The van der Waals surface area contributed by atoms with Crippen LogP contribution in [0.15, 0.2) is 30.5 Å². The SMILES string of the molecule is COc1ccc(N2CCN(c3nncc(N4CCOCC4)n3)CC2)cc1. The van der Waals surface area contributed by atoms with E-state index in [9.17, 15) is 0 Å². The van der Waals surface area contributed by atoms with Gasteiger partial charge in [0.2, 0.25) is 5.95 Å². The van der Waals surface area contributed by atoms with Gasteiger partial charge in [0, 0.05) is 45.0 Å². The Bertz CT molecular complexity index is 712. The maximum absolute atomic E-state index is 5.41. The summed E-state index contributed by atoms with van der Waals surface area (Å²) in [5.74, 6) is 2.48. The molecule has 2 aromatic rings. The quantitative estimate of drug-likeness (QED) is 0.805. The predicted octanol–water partition coefficient (Wildman–Crippen LogP) is 1.04. The van der Waals surface area contributed by atoms with E-state index in [0.29, 0.717) is 5.95 Å². The van der Waals surface area contributed by atoms with Crippen LogP contribution < -0.4 is 19.4 Å². The first-order valence-corrected chi connectivity index (χ1v) is 9.00. The number of hydrogen-bond acceptors (Lipinski definition) is 8. The molecule has 0 N–H and O–H groups in total. The average Bonchev–Trinajstić information content (AvgIpc) is 2.75. The molecule has 0 amide bonds. The van der Waals surface area contributed by atoms with E-state index in [0.717, 1.165) is 64.0 Å². The van der Waals surface area contributed by atoms with Crippen molar-refractivity contribution in [2.75, 3.05) is 74.3 Å². The Morgan fingerprint density at radius 1 is 0.885 bits per heavy atom. The third-order valence-electron chi connectivity index (χ3n) is 4.87. The lowest BCUT2D eigenvalue weighted by Gasteiger charge is -2.36. The van der Waals surface area contributed by atoms with Gasteiger partial charge >= 0.3 is 0 Å². The lowest BCUT2D eigenvalue weighted by Crippen LogP contribution is -2.47. The van der Waals surface area contributed by atoms with Crippen LogP contribution in [0.2, 0.25) is 0 Å². The molecule has 2 aliphatic heterocycles. The molecule has 0 unspecified atom stereocenters. The molecule has 2 fully saturated rings. The monoisotopic (exact) mass is 356 g/mol. The Hall–Kier alpha value is -2.61. The van der Waals surface area contributed by atoms with Gasteiger partial charge in [0.05, 0.1) is 26.5 Å². The van der Waals surface area contributed by atoms with E-state index < -0.39 is 0 Å². The fourth-order valence-electron chi connectivity index (χ4n) is 3.32. The fraction of sp³-hybridized carbons (Fsp3) is 0.500. The van der Waals surface area contributed by atoms with Gasteiger partial charge in [-0.3, -0.25) is 0 Å². The topological polar surface area (TPSA) is 66.9 Å². The Morgan fingerprint density at radius 2 is 1.58 bits per heavy atom. The van der Waals surface area contributed by atoms with Crippen molar-refractivity contribution in [2.24, 2.45) is 0 Å². The molecule has 1 aromatic heterocycles. The first-order valence-electron chi connectivity index (χ1n) is 9.00. The van der Waals surface area contributed by atoms with Gasteiger partial charge in [-0.25, -0.2) is 0 Å². The van der Waals surface area contributed by atoms with Crippen molar-refractivity contribution in [2.45, 2.75) is 0 Å². The van der Waals surface area contributed by atoms with Crippen LogP contribution >= 0.6 is 0 Å². The standard InChI is InChI=1S/C18H24N6O2/c1-25-16-4-2-15(3-5-16)22-6-8-24(9-7-22)18-20-17(14-19-21-18)23-10-12-26-13-11-23/h2-5,14H,6-13H2,1H3. The van der Waals surface area contributed by atoms with Crippen LogP contribution in [-0.4, -0.2) is 74.8 Å².